The average Bonchev–Trinajstić information content (AvgIpc) is 3.23. The van der Waals surface area contributed by atoms with Crippen LogP contribution in [-0.4, -0.2) is 27.6 Å². The first-order valence-electron chi connectivity index (χ1n) is 7.46. The van der Waals surface area contributed by atoms with Gasteiger partial charge in [0.05, 0.1) is 23.7 Å². The molecule has 1 saturated carbocycles. The van der Waals surface area contributed by atoms with Gasteiger partial charge in [-0.2, -0.15) is 10.1 Å². The SMILES string of the molecule is CCn1cccc1C=NN1C(=O)C2C3C=CC(C3)C2C1=O. The Morgan fingerprint density at radius 2 is 1.90 bits per heavy atom. The lowest BCUT2D eigenvalue weighted by molar-refractivity contribution is -0.140. The highest BCUT2D eigenvalue weighted by Gasteiger charge is 2.59. The van der Waals surface area contributed by atoms with E-state index in [2.05, 4.69) is 17.3 Å². The van der Waals surface area contributed by atoms with Crippen LogP contribution < -0.4 is 0 Å². The van der Waals surface area contributed by atoms with Crippen molar-refractivity contribution in [3.8, 4) is 0 Å². The summed E-state index contributed by atoms with van der Waals surface area (Å²) in [7, 11) is 0. The maximum atomic E-state index is 12.5. The smallest absolute Gasteiger partial charge is 0.254 e. The van der Waals surface area contributed by atoms with E-state index in [9.17, 15) is 9.59 Å². The number of carbonyl (C=O) groups excluding carboxylic acids is 2. The van der Waals surface area contributed by atoms with Crippen LogP contribution in [-0.2, 0) is 16.1 Å². The van der Waals surface area contributed by atoms with Gasteiger partial charge in [-0.25, -0.2) is 0 Å². The van der Waals surface area contributed by atoms with E-state index in [0.717, 1.165) is 23.7 Å². The number of allylic oxidation sites excluding steroid dienone is 2. The molecule has 3 aliphatic rings. The molecule has 0 N–H and O–H groups in total. The normalized spacial score (nSPS) is 33.7. The van der Waals surface area contributed by atoms with Crippen LogP contribution in [0.25, 0.3) is 0 Å². The number of aromatic nitrogens is 1. The van der Waals surface area contributed by atoms with Crippen molar-refractivity contribution in [1.82, 2.24) is 9.58 Å². The minimum Gasteiger partial charge on any atom is -0.347 e. The van der Waals surface area contributed by atoms with Crippen LogP contribution >= 0.6 is 0 Å². The maximum absolute atomic E-state index is 12.5. The van der Waals surface area contributed by atoms with Gasteiger partial charge in [0, 0.05) is 12.7 Å². The molecule has 0 aromatic carbocycles. The molecule has 1 aromatic rings. The van der Waals surface area contributed by atoms with Gasteiger partial charge in [-0.3, -0.25) is 9.59 Å². The summed E-state index contributed by atoms with van der Waals surface area (Å²) in [6.45, 7) is 2.87. The Hall–Kier alpha value is -2.17. The van der Waals surface area contributed by atoms with Gasteiger partial charge >= 0.3 is 0 Å². The van der Waals surface area contributed by atoms with Crippen LogP contribution in [0, 0.1) is 23.7 Å². The summed E-state index contributed by atoms with van der Waals surface area (Å²) in [5, 5.41) is 5.27. The molecule has 108 valence electrons. The van der Waals surface area contributed by atoms with E-state index in [-0.39, 0.29) is 35.5 Å². The molecule has 1 aromatic heterocycles. The van der Waals surface area contributed by atoms with Gasteiger partial charge in [0.1, 0.15) is 0 Å². The minimum absolute atomic E-state index is 0.132. The van der Waals surface area contributed by atoms with Crippen LogP contribution in [0.4, 0.5) is 0 Å². The monoisotopic (exact) mass is 283 g/mol. The lowest BCUT2D eigenvalue weighted by Gasteiger charge is -2.13. The van der Waals surface area contributed by atoms with E-state index in [1.54, 1.807) is 6.21 Å². The van der Waals surface area contributed by atoms with Crippen molar-refractivity contribution < 1.29 is 9.59 Å². The standard InChI is InChI=1S/C16H17N3O2/c1-2-18-7-3-4-12(18)9-17-19-15(20)13-10-5-6-11(8-10)14(13)16(19)21/h3-7,9-11,13-14H,2,8H2,1H3. The number of carbonyl (C=O) groups is 2. The molecular weight excluding hydrogens is 266 g/mol. The number of amides is 2. The average molecular weight is 283 g/mol. The highest BCUT2D eigenvalue weighted by molar-refractivity contribution is 6.06. The molecule has 1 aliphatic heterocycles. The molecule has 4 atom stereocenters. The second-order valence-electron chi connectivity index (χ2n) is 5.95. The summed E-state index contributed by atoms with van der Waals surface area (Å²) in [5.41, 5.74) is 0.899. The predicted molar refractivity (Wildman–Crippen MR) is 77.3 cm³/mol. The first-order chi connectivity index (χ1) is 10.2. The Balaban J connectivity index is 1.60. The third-order valence-electron chi connectivity index (χ3n) is 4.96. The highest BCUT2D eigenvalue weighted by atomic mass is 16.2. The fourth-order valence-electron chi connectivity index (χ4n) is 3.95. The van der Waals surface area contributed by atoms with E-state index in [4.69, 9.17) is 0 Å². The Bertz CT molecular complexity index is 643. The number of rotatable bonds is 3. The van der Waals surface area contributed by atoms with Gasteiger partial charge < -0.3 is 4.57 Å². The van der Waals surface area contributed by atoms with Gasteiger partial charge in [0.2, 0.25) is 0 Å². The number of hydrazone groups is 1. The molecule has 1 saturated heterocycles. The van der Waals surface area contributed by atoms with E-state index in [0.29, 0.717) is 0 Å². The van der Waals surface area contributed by atoms with Crippen LogP contribution in [0.15, 0.2) is 35.6 Å². The first kappa shape index (κ1) is 12.6. The van der Waals surface area contributed by atoms with Gasteiger partial charge in [0.15, 0.2) is 0 Å². The van der Waals surface area contributed by atoms with Crippen molar-refractivity contribution in [3.63, 3.8) is 0 Å². The maximum Gasteiger partial charge on any atom is 0.254 e. The molecule has 2 bridgehead atoms. The Morgan fingerprint density at radius 1 is 1.24 bits per heavy atom. The van der Waals surface area contributed by atoms with Crippen molar-refractivity contribution in [2.24, 2.45) is 28.8 Å². The fourth-order valence-corrected chi connectivity index (χ4v) is 3.95. The summed E-state index contributed by atoms with van der Waals surface area (Å²) in [5.74, 6) is -0.155. The predicted octanol–water partition coefficient (Wildman–Crippen LogP) is 1.65. The van der Waals surface area contributed by atoms with E-state index in [1.165, 1.54) is 0 Å². The van der Waals surface area contributed by atoms with Gasteiger partial charge in [0.25, 0.3) is 11.8 Å². The second kappa shape index (κ2) is 4.41. The zero-order chi connectivity index (χ0) is 14.6. The van der Waals surface area contributed by atoms with E-state index in [1.807, 2.05) is 29.8 Å². The van der Waals surface area contributed by atoms with Crippen molar-refractivity contribution in [2.75, 3.05) is 0 Å². The minimum atomic E-state index is -0.178. The molecule has 2 amide bonds. The first-order valence-corrected chi connectivity index (χ1v) is 7.46. The zero-order valence-electron chi connectivity index (χ0n) is 11.8. The molecule has 0 spiro atoms. The number of hydrogen-bond donors (Lipinski definition) is 0. The van der Waals surface area contributed by atoms with Crippen LogP contribution in [0.1, 0.15) is 19.0 Å². The molecule has 4 rings (SSSR count). The summed E-state index contributed by atoms with van der Waals surface area (Å²) in [6, 6.07) is 3.85. The molecule has 2 heterocycles. The van der Waals surface area contributed by atoms with E-state index < -0.39 is 0 Å². The summed E-state index contributed by atoms with van der Waals surface area (Å²) >= 11 is 0. The van der Waals surface area contributed by atoms with Crippen LogP contribution in [0.2, 0.25) is 0 Å². The number of fused-ring (bicyclic) bond motifs is 5. The van der Waals surface area contributed by atoms with Gasteiger partial charge in [-0.1, -0.05) is 12.2 Å². The molecule has 5 heteroatoms. The third-order valence-corrected chi connectivity index (χ3v) is 4.96. The van der Waals surface area contributed by atoms with Gasteiger partial charge in [-0.05, 0) is 37.3 Å². The lowest BCUT2D eigenvalue weighted by atomic mass is 9.85. The molecule has 4 unspecified atom stereocenters. The van der Waals surface area contributed by atoms with Crippen molar-refractivity contribution >= 4 is 18.0 Å². The molecule has 2 aliphatic carbocycles. The summed E-state index contributed by atoms with van der Waals surface area (Å²) < 4.78 is 2.01. The summed E-state index contributed by atoms with van der Waals surface area (Å²) in [6.07, 6.45) is 8.69. The topological polar surface area (TPSA) is 54.7 Å². The summed E-state index contributed by atoms with van der Waals surface area (Å²) in [4.78, 5) is 24.9. The Morgan fingerprint density at radius 3 is 2.52 bits per heavy atom. The number of imide groups is 1. The van der Waals surface area contributed by atoms with Crippen LogP contribution in [0.5, 0.6) is 0 Å². The quantitative estimate of drug-likeness (QED) is 0.481. The molecule has 2 fully saturated rings. The Labute approximate surface area is 122 Å². The number of nitrogens with zero attached hydrogens (tertiary/aromatic N) is 3. The Kier molecular flexibility index (Phi) is 2.64. The number of hydrogen-bond acceptors (Lipinski definition) is 3. The van der Waals surface area contributed by atoms with Gasteiger partial charge in [-0.15, -0.1) is 0 Å². The lowest BCUT2D eigenvalue weighted by Crippen LogP contribution is -2.28. The van der Waals surface area contributed by atoms with Crippen molar-refractivity contribution in [2.45, 2.75) is 19.9 Å². The van der Waals surface area contributed by atoms with E-state index >= 15 is 0 Å². The second-order valence-corrected chi connectivity index (χ2v) is 5.95. The number of aryl methyl sites for hydroxylation is 1. The molecule has 5 nitrogen and oxygen atoms in total. The zero-order valence-corrected chi connectivity index (χ0v) is 11.8. The van der Waals surface area contributed by atoms with Crippen molar-refractivity contribution in [1.29, 1.82) is 0 Å². The highest BCUT2D eigenvalue weighted by Crippen LogP contribution is 2.52. The fraction of sp³-hybridized carbons (Fsp3) is 0.438. The van der Waals surface area contributed by atoms with Crippen LogP contribution in [0.3, 0.4) is 0 Å². The molecule has 21 heavy (non-hydrogen) atoms. The largest absolute Gasteiger partial charge is 0.347 e. The van der Waals surface area contributed by atoms with Crippen molar-refractivity contribution in [3.05, 3.63) is 36.2 Å². The third kappa shape index (κ3) is 1.66. The molecule has 0 radical (unpaired) electrons. The molecular formula is C16H17N3O2.